The van der Waals surface area contributed by atoms with Gasteiger partial charge in [-0.2, -0.15) is 0 Å². The van der Waals surface area contributed by atoms with Gasteiger partial charge in [-0.1, -0.05) is 121 Å². The molecule has 0 saturated carbocycles. The molecule has 0 aliphatic rings. The Labute approximate surface area is 237 Å². The quantitative estimate of drug-likeness (QED) is 0.194. The summed E-state index contributed by atoms with van der Waals surface area (Å²) in [6.45, 7) is 1.91. The molecule has 2 heteroatoms. The van der Waals surface area contributed by atoms with E-state index in [1.54, 1.807) is 0 Å². The van der Waals surface area contributed by atoms with E-state index in [9.17, 15) is 0 Å². The van der Waals surface area contributed by atoms with Crippen LogP contribution < -0.4 is 0 Å². The average molecular weight is 519 g/mol. The van der Waals surface area contributed by atoms with Crippen LogP contribution in [-0.2, 0) is 35.9 Å². The van der Waals surface area contributed by atoms with Crippen LogP contribution in [0.15, 0.2) is 133 Å². The maximum Gasteiger partial charge on any atom is 0.0734 e. The van der Waals surface area contributed by atoms with Crippen molar-refractivity contribution in [1.29, 1.82) is 0 Å². The van der Waals surface area contributed by atoms with Crippen molar-refractivity contribution in [3.8, 4) is 23.7 Å². The highest BCUT2D eigenvalue weighted by molar-refractivity contribution is 5.55. The van der Waals surface area contributed by atoms with Gasteiger partial charge in [0.2, 0.25) is 0 Å². The molecule has 0 aromatic heterocycles. The summed E-state index contributed by atoms with van der Waals surface area (Å²) >= 11 is 0. The molecule has 0 bridgehead atoms. The lowest BCUT2D eigenvalue weighted by Gasteiger charge is -2.13. The van der Waals surface area contributed by atoms with Crippen molar-refractivity contribution < 1.29 is 9.47 Å². The SMILES string of the molecule is C(#Cc1cc(COCc2ccccc2)c(C#Cc2ccccc2)cc1COCc1ccccc1)c1ccccc1. The molecule has 0 fully saturated rings. The average Bonchev–Trinajstić information content (AvgIpc) is 3.02. The molecule has 0 N–H and O–H groups in total. The topological polar surface area (TPSA) is 18.5 Å². The van der Waals surface area contributed by atoms with Gasteiger partial charge in [0, 0.05) is 22.3 Å². The Hall–Kier alpha value is -4.86. The largest absolute Gasteiger partial charge is 0.372 e. The maximum absolute atomic E-state index is 6.15. The molecular weight excluding hydrogens is 488 g/mol. The van der Waals surface area contributed by atoms with Crippen LogP contribution in [0.2, 0.25) is 0 Å². The first-order valence-corrected chi connectivity index (χ1v) is 13.4. The van der Waals surface area contributed by atoms with Crippen molar-refractivity contribution in [2.75, 3.05) is 0 Å². The van der Waals surface area contributed by atoms with Gasteiger partial charge in [0.25, 0.3) is 0 Å². The number of rotatable bonds is 8. The standard InChI is InChI=1S/C38H30O2/c1-5-13-31(14-6-1)21-23-35-25-38(30-40-28-34-19-11-4-12-20-34)36(24-22-32-15-7-2-8-16-32)26-37(35)29-39-27-33-17-9-3-10-18-33/h1-20,25-26H,27-30H2. The Morgan fingerprint density at radius 3 is 1.10 bits per heavy atom. The molecule has 0 saturated heterocycles. The molecule has 0 aliphatic heterocycles. The van der Waals surface area contributed by atoms with E-state index in [2.05, 4.69) is 60.1 Å². The zero-order chi connectivity index (χ0) is 27.2. The normalized spacial score (nSPS) is 10.2. The van der Waals surface area contributed by atoms with Crippen molar-refractivity contribution in [3.63, 3.8) is 0 Å². The van der Waals surface area contributed by atoms with Crippen LogP contribution in [0.4, 0.5) is 0 Å². The van der Waals surface area contributed by atoms with Gasteiger partial charge in [-0.3, -0.25) is 0 Å². The lowest BCUT2D eigenvalue weighted by Crippen LogP contribution is -2.03. The third-order valence-electron chi connectivity index (χ3n) is 6.30. The van der Waals surface area contributed by atoms with Crippen molar-refractivity contribution in [1.82, 2.24) is 0 Å². The smallest absolute Gasteiger partial charge is 0.0734 e. The second-order valence-corrected chi connectivity index (χ2v) is 9.36. The fourth-order valence-electron chi connectivity index (χ4n) is 4.19. The van der Waals surface area contributed by atoms with Gasteiger partial charge in [-0.25, -0.2) is 0 Å². The van der Waals surface area contributed by atoms with E-state index in [0.29, 0.717) is 26.4 Å². The molecule has 2 nitrogen and oxygen atoms in total. The molecule has 40 heavy (non-hydrogen) atoms. The fraction of sp³-hybridized carbons (Fsp3) is 0.105. The van der Waals surface area contributed by atoms with Gasteiger partial charge in [0.1, 0.15) is 0 Å². The number of ether oxygens (including phenoxy) is 2. The second kappa shape index (κ2) is 14.3. The third kappa shape index (κ3) is 8.07. The highest BCUT2D eigenvalue weighted by Gasteiger charge is 2.10. The van der Waals surface area contributed by atoms with E-state index in [0.717, 1.165) is 44.5 Å². The van der Waals surface area contributed by atoms with Gasteiger partial charge in [-0.15, -0.1) is 0 Å². The van der Waals surface area contributed by atoms with Crippen LogP contribution in [0.3, 0.4) is 0 Å². The van der Waals surface area contributed by atoms with Crippen LogP contribution in [0.5, 0.6) is 0 Å². The number of hydrogen-bond acceptors (Lipinski definition) is 2. The van der Waals surface area contributed by atoms with Gasteiger partial charge in [0.05, 0.1) is 26.4 Å². The molecular formula is C38H30O2. The van der Waals surface area contributed by atoms with Gasteiger partial charge in [0.15, 0.2) is 0 Å². The summed E-state index contributed by atoms with van der Waals surface area (Å²) in [4.78, 5) is 0. The first-order chi connectivity index (χ1) is 19.8. The van der Waals surface area contributed by atoms with Crippen LogP contribution in [-0.4, -0.2) is 0 Å². The van der Waals surface area contributed by atoms with E-state index in [1.165, 1.54) is 0 Å². The van der Waals surface area contributed by atoms with Gasteiger partial charge < -0.3 is 9.47 Å². The summed E-state index contributed by atoms with van der Waals surface area (Å²) in [5.74, 6) is 13.4. The van der Waals surface area contributed by atoms with Crippen LogP contribution in [0.1, 0.15) is 44.5 Å². The summed E-state index contributed by atoms with van der Waals surface area (Å²) in [7, 11) is 0. The van der Waals surface area contributed by atoms with Crippen molar-refractivity contribution in [2.24, 2.45) is 0 Å². The monoisotopic (exact) mass is 518 g/mol. The van der Waals surface area contributed by atoms with E-state index < -0.39 is 0 Å². The minimum atomic E-state index is 0.429. The minimum Gasteiger partial charge on any atom is -0.372 e. The van der Waals surface area contributed by atoms with Crippen molar-refractivity contribution in [3.05, 3.63) is 178 Å². The van der Waals surface area contributed by atoms with Gasteiger partial charge >= 0.3 is 0 Å². The Kier molecular flexibility index (Phi) is 9.58. The summed E-state index contributed by atoms with van der Waals surface area (Å²) in [5.41, 5.74) is 8.04. The van der Waals surface area contributed by atoms with Crippen LogP contribution >= 0.6 is 0 Å². The second-order valence-electron chi connectivity index (χ2n) is 9.36. The number of benzene rings is 5. The Morgan fingerprint density at radius 2 is 0.725 bits per heavy atom. The molecule has 0 heterocycles. The highest BCUT2D eigenvalue weighted by atomic mass is 16.5. The highest BCUT2D eigenvalue weighted by Crippen LogP contribution is 2.20. The summed E-state index contributed by atoms with van der Waals surface area (Å²) < 4.78 is 12.3. The summed E-state index contributed by atoms with van der Waals surface area (Å²) in [6, 6.07) is 44.7. The Morgan fingerprint density at radius 1 is 0.375 bits per heavy atom. The van der Waals surface area contributed by atoms with Crippen molar-refractivity contribution >= 4 is 0 Å². The molecule has 0 spiro atoms. The number of hydrogen-bond donors (Lipinski definition) is 0. The maximum atomic E-state index is 6.15. The predicted molar refractivity (Wildman–Crippen MR) is 161 cm³/mol. The molecule has 0 unspecified atom stereocenters. The molecule has 0 atom stereocenters. The predicted octanol–water partition coefficient (Wildman–Crippen LogP) is 7.92. The Balaban J connectivity index is 1.47. The zero-order valence-electron chi connectivity index (χ0n) is 22.3. The molecule has 0 amide bonds. The van der Waals surface area contributed by atoms with Crippen LogP contribution in [0.25, 0.3) is 0 Å². The van der Waals surface area contributed by atoms with E-state index in [1.807, 2.05) is 97.1 Å². The Bertz CT molecular complexity index is 1490. The fourth-order valence-corrected chi connectivity index (χ4v) is 4.19. The third-order valence-corrected chi connectivity index (χ3v) is 6.30. The van der Waals surface area contributed by atoms with E-state index >= 15 is 0 Å². The van der Waals surface area contributed by atoms with Crippen LogP contribution in [0, 0.1) is 23.7 Å². The first kappa shape index (κ1) is 26.7. The van der Waals surface area contributed by atoms with E-state index in [-0.39, 0.29) is 0 Å². The zero-order valence-corrected chi connectivity index (χ0v) is 22.3. The molecule has 194 valence electrons. The summed E-state index contributed by atoms with van der Waals surface area (Å²) in [5, 5.41) is 0. The molecule has 0 radical (unpaired) electrons. The first-order valence-electron chi connectivity index (χ1n) is 13.4. The lowest BCUT2D eigenvalue weighted by molar-refractivity contribution is 0.105. The van der Waals surface area contributed by atoms with Crippen molar-refractivity contribution in [2.45, 2.75) is 26.4 Å². The molecule has 0 aliphatic carbocycles. The van der Waals surface area contributed by atoms with Gasteiger partial charge in [-0.05, 0) is 58.7 Å². The summed E-state index contributed by atoms with van der Waals surface area (Å²) in [6.07, 6.45) is 0. The lowest BCUT2D eigenvalue weighted by atomic mass is 9.98. The van der Waals surface area contributed by atoms with E-state index in [4.69, 9.17) is 9.47 Å². The molecule has 5 aromatic carbocycles. The minimum absolute atomic E-state index is 0.429. The molecule has 5 aromatic rings. The molecule has 5 rings (SSSR count).